The molecule has 0 bridgehead atoms. The number of nitrogens with zero attached hydrogens (tertiary/aromatic N) is 3. The molecule has 0 atom stereocenters. The summed E-state index contributed by atoms with van der Waals surface area (Å²) >= 11 is 0. The molecule has 3 aromatic heterocycles. The smallest absolute Gasteiger partial charge is 0.0607 e. The third-order valence-electron chi connectivity index (χ3n) is 10.6. The number of hydrogen-bond acceptors (Lipinski definition) is 0. The van der Waals surface area contributed by atoms with Crippen LogP contribution in [0.15, 0.2) is 188 Å². The molecule has 51 heavy (non-hydrogen) atoms. The number of benzene rings is 8. The quantitative estimate of drug-likeness (QED) is 0.180. The minimum atomic E-state index is 1.15. The van der Waals surface area contributed by atoms with Gasteiger partial charge in [-0.2, -0.15) is 0 Å². The highest BCUT2D eigenvalue weighted by atomic mass is 15.0. The third-order valence-corrected chi connectivity index (χ3v) is 10.6. The highest BCUT2D eigenvalue weighted by Gasteiger charge is 2.18. The summed E-state index contributed by atoms with van der Waals surface area (Å²) < 4.78 is 7.13. The van der Waals surface area contributed by atoms with Crippen LogP contribution in [-0.2, 0) is 0 Å². The Hall–Kier alpha value is -6.84. The lowest BCUT2D eigenvalue weighted by Gasteiger charge is -2.12. The van der Waals surface area contributed by atoms with E-state index in [1.165, 1.54) is 87.8 Å². The number of aromatic nitrogens is 3. The average molecular weight is 650 g/mol. The highest BCUT2D eigenvalue weighted by Crippen LogP contribution is 2.40. The van der Waals surface area contributed by atoms with Crippen LogP contribution in [0.2, 0.25) is 0 Å². The third kappa shape index (κ3) is 4.12. The van der Waals surface area contributed by atoms with Gasteiger partial charge < -0.3 is 13.7 Å². The summed E-state index contributed by atoms with van der Waals surface area (Å²) in [6, 6.07) is 66.2. The van der Waals surface area contributed by atoms with Crippen LogP contribution in [0.5, 0.6) is 0 Å². The Morgan fingerprint density at radius 2 is 0.902 bits per heavy atom. The molecule has 11 rings (SSSR count). The summed E-state index contributed by atoms with van der Waals surface area (Å²) in [5.41, 5.74) is 12.0. The van der Waals surface area contributed by atoms with E-state index in [2.05, 4.69) is 202 Å². The molecule has 0 unspecified atom stereocenters. The fourth-order valence-corrected chi connectivity index (χ4v) is 8.42. The number of hydrogen-bond donors (Lipinski definition) is 0. The van der Waals surface area contributed by atoms with Crippen molar-refractivity contribution in [1.82, 2.24) is 13.7 Å². The van der Waals surface area contributed by atoms with Gasteiger partial charge in [0.05, 0.1) is 27.6 Å². The predicted molar refractivity (Wildman–Crippen MR) is 215 cm³/mol. The number of rotatable bonds is 4. The van der Waals surface area contributed by atoms with E-state index in [0.29, 0.717) is 0 Å². The van der Waals surface area contributed by atoms with Gasteiger partial charge in [-0.3, -0.25) is 0 Å². The monoisotopic (exact) mass is 649 g/mol. The van der Waals surface area contributed by atoms with Gasteiger partial charge in [-0.05, 0) is 89.3 Å². The Morgan fingerprint density at radius 1 is 0.314 bits per heavy atom. The van der Waals surface area contributed by atoms with Gasteiger partial charge in [0, 0.05) is 55.6 Å². The van der Waals surface area contributed by atoms with Gasteiger partial charge in [-0.1, -0.05) is 109 Å². The summed E-state index contributed by atoms with van der Waals surface area (Å²) in [5.74, 6) is 0. The first kappa shape index (κ1) is 28.0. The standard InChI is InChI=1S/C48H31N3/c1-3-13-35(14-4-1)50-43-20-9-7-18-38(43)42-31-34(23-26-45(42)50)33-12-11-17-37(30-33)49-29-28-32-22-24-39-40(48(32)49)25-27-46-47(39)41-19-8-10-21-44(41)51(46)36-15-5-2-6-16-36/h1-31H. The molecule has 0 aliphatic rings. The molecule has 0 spiro atoms. The summed E-state index contributed by atoms with van der Waals surface area (Å²) in [4.78, 5) is 0. The molecular formula is C48H31N3. The second-order valence-corrected chi connectivity index (χ2v) is 13.4. The number of fused-ring (bicyclic) bond motifs is 10. The van der Waals surface area contributed by atoms with Crippen LogP contribution < -0.4 is 0 Å². The van der Waals surface area contributed by atoms with Crippen LogP contribution in [0, 0.1) is 0 Å². The van der Waals surface area contributed by atoms with Gasteiger partial charge in [0.1, 0.15) is 0 Å². The zero-order chi connectivity index (χ0) is 33.5. The van der Waals surface area contributed by atoms with E-state index in [-0.39, 0.29) is 0 Å². The van der Waals surface area contributed by atoms with E-state index >= 15 is 0 Å². The average Bonchev–Trinajstić information content (AvgIpc) is 3.89. The first-order chi connectivity index (χ1) is 25.3. The van der Waals surface area contributed by atoms with Gasteiger partial charge in [0.25, 0.3) is 0 Å². The van der Waals surface area contributed by atoms with E-state index in [1.807, 2.05) is 0 Å². The van der Waals surface area contributed by atoms with Crippen molar-refractivity contribution in [1.29, 1.82) is 0 Å². The summed E-state index contributed by atoms with van der Waals surface area (Å²) in [6.07, 6.45) is 2.22. The Bertz CT molecular complexity index is 3120. The van der Waals surface area contributed by atoms with Crippen molar-refractivity contribution >= 4 is 65.3 Å². The minimum absolute atomic E-state index is 1.15. The lowest BCUT2D eigenvalue weighted by molar-refractivity contribution is 1.13. The fourth-order valence-electron chi connectivity index (χ4n) is 8.42. The van der Waals surface area contributed by atoms with Crippen LogP contribution in [0.25, 0.3) is 93.5 Å². The SMILES string of the molecule is c1ccc(-n2c3ccccc3c3cc(-c4cccc(-n5ccc6ccc7c(ccc8c7c7ccccc7n8-c7ccccc7)c65)c4)ccc32)cc1. The molecule has 3 heteroatoms. The maximum absolute atomic E-state index is 2.39. The molecule has 3 heterocycles. The maximum Gasteiger partial charge on any atom is 0.0607 e. The minimum Gasteiger partial charge on any atom is -0.316 e. The normalized spacial score (nSPS) is 11.9. The Kier molecular flexibility index (Phi) is 5.96. The van der Waals surface area contributed by atoms with Gasteiger partial charge >= 0.3 is 0 Å². The molecule has 0 aliphatic heterocycles. The molecule has 0 fully saturated rings. The van der Waals surface area contributed by atoms with Crippen molar-refractivity contribution < 1.29 is 0 Å². The first-order valence-electron chi connectivity index (χ1n) is 17.5. The first-order valence-corrected chi connectivity index (χ1v) is 17.5. The summed E-state index contributed by atoms with van der Waals surface area (Å²) in [7, 11) is 0. The van der Waals surface area contributed by atoms with Crippen molar-refractivity contribution in [2.75, 3.05) is 0 Å². The molecule has 0 saturated heterocycles. The molecule has 0 saturated carbocycles. The van der Waals surface area contributed by atoms with E-state index in [0.717, 1.165) is 5.69 Å². The van der Waals surface area contributed by atoms with E-state index in [4.69, 9.17) is 0 Å². The molecule has 3 nitrogen and oxygen atoms in total. The van der Waals surface area contributed by atoms with Crippen LogP contribution in [0.4, 0.5) is 0 Å². The van der Waals surface area contributed by atoms with E-state index in [1.54, 1.807) is 0 Å². The van der Waals surface area contributed by atoms with Crippen molar-refractivity contribution in [3.8, 4) is 28.2 Å². The van der Waals surface area contributed by atoms with Crippen molar-refractivity contribution in [3.63, 3.8) is 0 Å². The van der Waals surface area contributed by atoms with Crippen LogP contribution in [0.3, 0.4) is 0 Å². The van der Waals surface area contributed by atoms with Gasteiger partial charge in [-0.15, -0.1) is 0 Å². The van der Waals surface area contributed by atoms with Gasteiger partial charge in [0.15, 0.2) is 0 Å². The van der Waals surface area contributed by atoms with Crippen LogP contribution in [0.1, 0.15) is 0 Å². The molecule has 238 valence electrons. The molecule has 11 aromatic rings. The molecule has 8 aromatic carbocycles. The second-order valence-electron chi connectivity index (χ2n) is 13.4. The van der Waals surface area contributed by atoms with Crippen LogP contribution in [-0.4, -0.2) is 13.7 Å². The number of para-hydroxylation sites is 4. The molecule has 0 aliphatic carbocycles. The molecule has 0 amide bonds. The van der Waals surface area contributed by atoms with Gasteiger partial charge in [0.2, 0.25) is 0 Å². The fraction of sp³-hybridized carbons (Fsp3) is 0. The van der Waals surface area contributed by atoms with E-state index in [9.17, 15) is 0 Å². The van der Waals surface area contributed by atoms with Gasteiger partial charge in [-0.25, -0.2) is 0 Å². The molecule has 0 radical (unpaired) electrons. The summed E-state index contributed by atoms with van der Waals surface area (Å²) in [6.45, 7) is 0. The topological polar surface area (TPSA) is 14.8 Å². The van der Waals surface area contributed by atoms with E-state index < -0.39 is 0 Å². The Morgan fingerprint density at radius 3 is 1.69 bits per heavy atom. The molecular weight excluding hydrogens is 619 g/mol. The predicted octanol–water partition coefficient (Wildman–Crippen LogP) is 12.6. The lowest BCUT2D eigenvalue weighted by Crippen LogP contribution is -1.95. The van der Waals surface area contributed by atoms with Crippen molar-refractivity contribution in [2.24, 2.45) is 0 Å². The molecule has 0 N–H and O–H groups in total. The maximum atomic E-state index is 2.39. The van der Waals surface area contributed by atoms with Crippen molar-refractivity contribution in [3.05, 3.63) is 188 Å². The zero-order valence-corrected chi connectivity index (χ0v) is 27.7. The summed E-state index contributed by atoms with van der Waals surface area (Å²) in [5, 5.41) is 8.83. The Labute approximate surface area is 294 Å². The largest absolute Gasteiger partial charge is 0.316 e. The van der Waals surface area contributed by atoms with Crippen LogP contribution >= 0.6 is 0 Å². The lowest BCUT2D eigenvalue weighted by atomic mass is 10.0. The highest BCUT2D eigenvalue weighted by molar-refractivity contribution is 6.25. The second kappa shape index (κ2) is 10.8. The van der Waals surface area contributed by atoms with Crippen molar-refractivity contribution in [2.45, 2.75) is 0 Å². The zero-order valence-electron chi connectivity index (χ0n) is 27.7. The Balaban J connectivity index is 1.09.